The molecule has 14 heteroatoms. The molecule has 6 N–H and O–H groups in total. The summed E-state index contributed by atoms with van der Waals surface area (Å²) >= 11 is 0. The summed E-state index contributed by atoms with van der Waals surface area (Å²) in [4.78, 5) is 75.4. The van der Waals surface area contributed by atoms with Gasteiger partial charge in [0.2, 0.25) is 29.5 Å². The number of hydrogen-bond acceptors (Lipinski definition) is 9. The zero-order valence-electron chi connectivity index (χ0n) is 42.9. The number of anilines is 1. The second-order valence-corrected chi connectivity index (χ2v) is 21.9. The quantitative estimate of drug-likeness (QED) is 0.0311. The van der Waals surface area contributed by atoms with Gasteiger partial charge in [0.15, 0.2) is 0 Å². The van der Waals surface area contributed by atoms with E-state index in [1.807, 2.05) is 19.1 Å². The first-order valence-electron chi connectivity index (χ1n) is 26.1. The highest BCUT2D eigenvalue weighted by Crippen LogP contribution is 2.67. The van der Waals surface area contributed by atoms with Gasteiger partial charge in [-0.15, -0.1) is 0 Å². The summed E-state index contributed by atoms with van der Waals surface area (Å²) in [6.45, 7) is 16.7. The summed E-state index contributed by atoms with van der Waals surface area (Å²) in [7, 11) is 0. The highest BCUT2D eigenvalue weighted by Gasteiger charge is 2.59. The summed E-state index contributed by atoms with van der Waals surface area (Å²) in [6, 6.07) is 10.9. The number of allylic oxidation sites excluding steroid dienone is 1. The van der Waals surface area contributed by atoms with Gasteiger partial charge >= 0.3 is 6.16 Å². The Balaban J connectivity index is 0.848. The van der Waals surface area contributed by atoms with Crippen LogP contribution in [0.25, 0.3) is 0 Å². The van der Waals surface area contributed by atoms with Crippen molar-refractivity contribution in [1.29, 1.82) is 0 Å². The molecule has 14 nitrogen and oxygen atoms in total. The summed E-state index contributed by atoms with van der Waals surface area (Å²) in [5.41, 5.74) is 9.74. The molecule has 0 radical (unpaired) electrons. The van der Waals surface area contributed by atoms with Crippen molar-refractivity contribution in [2.24, 2.45) is 52.1 Å². The first kappa shape index (κ1) is 54.1. The number of benzene rings is 2. The van der Waals surface area contributed by atoms with Gasteiger partial charge in [-0.2, -0.15) is 0 Å². The van der Waals surface area contributed by atoms with Crippen LogP contribution in [0.2, 0.25) is 0 Å². The van der Waals surface area contributed by atoms with Gasteiger partial charge in [0.1, 0.15) is 24.4 Å². The molecule has 0 aliphatic heterocycles. The third-order valence-corrected chi connectivity index (χ3v) is 16.4. The monoisotopic (exact) mass is 968 g/mol. The third kappa shape index (κ3) is 14.4. The molecule has 4 aliphatic rings. The minimum absolute atomic E-state index is 0.0638. The van der Waals surface area contributed by atoms with Gasteiger partial charge in [-0.25, -0.2) is 4.79 Å². The first-order chi connectivity index (χ1) is 33.3. The van der Waals surface area contributed by atoms with Crippen molar-refractivity contribution in [1.82, 2.24) is 16.0 Å². The van der Waals surface area contributed by atoms with Gasteiger partial charge in [0, 0.05) is 31.7 Å². The standard InChI is InChI=1S/C56H81N5O9/c1-35(2)10-8-11-37(4)45-22-23-46-44-21-16-40-32-43(26-28-55(40,6)47(44)27-29-56(45,46)7)68-31-9-30-58-50(63)24-25-51(64)59-38(5)52(65)61-48(33-49(57)62)53(66)60-41-17-14-39(15-18-41)34-69-54(67)70-42-19-12-36(3)13-20-42/h12-20,35,37-38,43-48H,8-11,21-34H2,1-7H3,(H2,57,62)(H,58,63)(H,59,64)(H,60,66)(H,61,65)/t37-,38+,43+,44+,45-,46+,47+,48+,55+,56-/m1/s1. The molecule has 70 heavy (non-hydrogen) atoms. The molecule has 3 saturated carbocycles. The number of carbonyl (C=O) groups excluding carboxylic acids is 6. The van der Waals surface area contributed by atoms with Crippen LogP contribution in [0.3, 0.4) is 0 Å². The lowest BCUT2D eigenvalue weighted by Gasteiger charge is -2.58. The van der Waals surface area contributed by atoms with Crippen molar-refractivity contribution in [3.63, 3.8) is 0 Å². The highest BCUT2D eigenvalue weighted by atomic mass is 16.7. The molecule has 3 fully saturated rings. The Labute approximate surface area is 416 Å². The molecule has 0 spiro atoms. The summed E-state index contributed by atoms with van der Waals surface area (Å²) in [5.74, 6) is 2.22. The van der Waals surface area contributed by atoms with E-state index in [2.05, 4.69) is 62.0 Å². The molecule has 0 saturated heterocycles. The lowest BCUT2D eigenvalue weighted by molar-refractivity contribution is -0.132. The van der Waals surface area contributed by atoms with Gasteiger partial charge in [0.05, 0.1) is 12.5 Å². The van der Waals surface area contributed by atoms with Crippen molar-refractivity contribution in [2.75, 3.05) is 18.5 Å². The normalized spacial score (nSPS) is 25.9. The number of nitrogens with one attached hydrogen (secondary N) is 4. The Morgan fingerprint density at radius 2 is 1.53 bits per heavy atom. The van der Waals surface area contributed by atoms with E-state index in [9.17, 15) is 28.8 Å². The molecule has 0 aromatic heterocycles. The number of ether oxygens (including phenoxy) is 3. The molecular weight excluding hydrogens is 887 g/mol. The lowest BCUT2D eigenvalue weighted by atomic mass is 9.47. The van der Waals surface area contributed by atoms with Crippen LogP contribution >= 0.6 is 0 Å². The van der Waals surface area contributed by atoms with Gasteiger partial charge < -0.3 is 41.2 Å². The Kier molecular flexibility index (Phi) is 19.1. The van der Waals surface area contributed by atoms with Gasteiger partial charge in [-0.3, -0.25) is 24.0 Å². The second-order valence-electron chi connectivity index (χ2n) is 21.9. The maximum atomic E-state index is 13.1. The molecule has 10 atom stereocenters. The van der Waals surface area contributed by atoms with Crippen molar-refractivity contribution >= 4 is 41.4 Å². The molecule has 2 aromatic rings. The molecular formula is C56H81N5O9. The lowest BCUT2D eigenvalue weighted by Crippen LogP contribution is -2.52. The number of hydrogen-bond donors (Lipinski definition) is 5. The molecule has 4 aliphatic carbocycles. The number of primary amides is 1. The number of rotatable bonds is 23. The Morgan fingerprint density at radius 1 is 0.800 bits per heavy atom. The summed E-state index contributed by atoms with van der Waals surface area (Å²) in [6.07, 6.45) is 16.0. The third-order valence-electron chi connectivity index (χ3n) is 16.4. The average molecular weight is 968 g/mol. The number of amides is 5. The molecule has 2 aromatic carbocycles. The van der Waals surface area contributed by atoms with E-state index < -0.39 is 48.3 Å². The van der Waals surface area contributed by atoms with E-state index in [4.69, 9.17) is 19.9 Å². The Bertz CT molecular complexity index is 2160. The van der Waals surface area contributed by atoms with Crippen molar-refractivity contribution in [3.8, 4) is 5.75 Å². The van der Waals surface area contributed by atoms with E-state index in [1.54, 1.807) is 42.0 Å². The fourth-order valence-electron chi connectivity index (χ4n) is 12.5. The van der Waals surface area contributed by atoms with E-state index in [0.29, 0.717) is 42.0 Å². The van der Waals surface area contributed by atoms with Crippen LogP contribution in [0.5, 0.6) is 5.75 Å². The number of fused-ring (bicyclic) bond motifs is 5. The summed E-state index contributed by atoms with van der Waals surface area (Å²) in [5, 5.41) is 10.5. The smallest absolute Gasteiger partial charge is 0.429 e. The van der Waals surface area contributed by atoms with E-state index >= 15 is 0 Å². The number of nitrogens with two attached hydrogens (primary N) is 1. The van der Waals surface area contributed by atoms with E-state index in [0.717, 1.165) is 53.9 Å². The highest BCUT2D eigenvalue weighted by molar-refractivity contribution is 6.00. The molecule has 0 unspecified atom stereocenters. The fourth-order valence-corrected chi connectivity index (χ4v) is 12.5. The van der Waals surface area contributed by atoms with Gasteiger partial charge in [-0.05, 0) is 148 Å². The van der Waals surface area contributed by atoms with Crippen molar-refractivity contribution < 1.29 is 43.0 Å². The van der Waals surface area contributed by atoms with Crippen molar-refractivity contribution in [3.05, 3.63) is 71.3 Å². The van der Waals surface area contributed by atoms with Crippen LogP contribution in [-0.2, 0) is 40.1 Å². The van der Waals surface area contributed by atoms with Crippen LogP contribution < -0.4 is 31.7 Å². The largest absolute Gasteiger partial charge is 0.514 e. The maximum absolute atomic E-state index is 13.1. The van der Waals surface area contributed by atoms with Crippen LogP contribution in [0.4, 0.5) is 10.5 Å². The molecule has 0 heterocycles. The van der Waals surface area contributed by atoms with Crippen LogP contribution in [0.15, 0.2) is 60.2 Å². The van der Waals surface area contributed by atoms with E-state index in [-0.39, 0.29) is 36.9 Å². The minimum Gasteiger partial charge on any atom is -0.429 e. The molecule has 5 amide bonds. The first-order valence-corrected chi connectivity index (χ1v) is 26.1. The predicted molar refractivity (Wildman–Crippen MR) is 270 cm³/mol. The summed E-state index contributed by atoms with van der Waals surface area (Å²) < 4.78 is 16.7. The predicted octanol–water partition coefficient (Wildman–Crippen LogP) is 9.23. The maximum Gasteiger partial charge on any atom is 0.514 e. The van der Waals surface area contributed by atoms with Crippen LogP contribution in [0.1, 0.15) is 149 Å². The Morgan fingerprint density at radius 3 is 2.24 bits per heavy atom. The topological polar surface area (TPSA) is 204 Å². The van der Waals surface area contributed by atoms with Crippen LogP contribution in [-0.4, -0.2) is 67.0 Å². The van der Waals surface area contributed by atoms with Gasteiger partial charge in [0.25, 0.3) is 0 Å². The minimum atomic E-state index is -1.33. The number of aryl methyl sites for hydroxylation is 1. The molecule has 0 bridgehead atoms. The molecule has 6 rings (SSSR count). The average Bonchev–Trinajstić information content (AvgIpc) is 3.68. The zero-order valence-corrected chi connectivity index (χ0v) is 42.9. The van der Waals surface area contributed by atoms with Crippen molar-refractivity contribution in [2.45, 2.75) is 170 Å². The fraction of sp³-hybridized carbons (Fsp3) is 0.643. The second kappa shape index (κ2) is 24.7. The molecule has 384 valence electrons. The van der Waals surface area contributed by atoms with Crippen LogP contribution in [0, 0.1) is 53.3 Å². The van der Waals surface area contributed by atoms with E-state index in [1.165, 1.54) is 64.7 Å². The Hall–Kier alpha value is -5.24. The SMILES string of the molecule is Cc1ccc(OC(=O)OCc2ccc(NC(=O)[C@H](CC(N)=O)NC(=O)[C@H](C)NC(=O)CCC(=O)NCCCO[C@H]3CC[C@@]4(C)C(=CC[C@H]5[C@@H]6CC[C@H]([C@H](C)CCCC(C)C)[C@@]6(C)CC[C@@H]54)C3)cc2)cc1. The number of carbonyl (C=O) groups is 6. The zero-order chi connectivity index (χ0) is 50.6. The van der Waals surface area contributed by atoms with Gasteiger partial charge in [-0.1, -0.05) is 95.4 Å².